The molecule has 0 aliphatic heterocycles. The van der Waals surface area contributed by atoms with Crippen LogP contribution in [-0.2, 0) is 20.5 Å². The van der Waals surface area contributed by atoms with E-state index in [1.54, 1.807) is 0 Å². The van der Waals surface area contributed by atoms with Gasteiger partial charge in [-0.25, -0.2) is 0 Å². The Morgan fingerprint density at radius 3 is 2.61 bits per heavy atom. The van der Waals surface area contributed by atoms with Gasteiger partial charge in [-0.05, 0) is 24.1 Å². The fourth-order valence-electron chi connectivity index (χ4n) is 2.36. The maximum Gasteiger partial charge on any atom is 0.416 e. The highest BCUT2D eigenvalue weighted by Gasteiger charge is 2.48. The Labute approximate surface area is 130 Å². The van der Waals surface area contributed by atoms with Gasteiger partial charge in [0.2, 0.25) is 5.91 Å². The van der Waals surface area contributed by atoms with Crippen LogP contribution in [0, 0.1) is 11.8 Å². The Morgan fingerprint density at radius 2 is 2.09 bits per heavy atom. The summed E-state index contributed by atoms with van der Waals surface area (Å²) in [5.74, 6) is -2.90. The number of carbonyl (C=O) groups excluding carboxylic acids is 1. The lowest BCUT2D eigenvalue weighted by Crippen LogP contribution is -2.33. The van der Waals surface area contributed by atoms with Gasteiger partial charge in [0, 0.05) is 7.11 Å². The lowest BCUT2D eigenvalue weighted by Gasteiger charge is -2.19. The number of methoxy groups -OCH3 is 1. The molecule has 1 amide bonds. The van der Waals surface area contributed by atoms with Crippen LogP contribution in [0.1, 0.15) is 23.6 Å². The minimum Gasteiger partial charge on any atom is -0.481 e. The van der Waals surface area contributed by atoms with Crippen molar-refractivity contribution >= 4 is 11.9 Å². The third-order valence-corrected chi connectivity index (χ3v) is 3.71. The number of rotatable bonds is 6. The number of aliphatic carboxylic acids is 1. The molecule has 126 valence electrons. The number of benzene rings is 1. The third kappa shape index (κ3) is 4.22. The van der Waals surface area contributed by atoms with Crippen LogP contribution in [-0.4, -0.2) is 30.7 Å². The Morgan fingerprint density at radius 1 is 1.39 bits per heavy atom. The van der Waals surface area contributed by atoms with Crippen molar-refractivity contribution in [2.24, 2.45) is 11.8 Å². The standard InChI is InChI=1S/C15H16F3NO4/c1-23-7-12(19-13(20)10-6-11(10)14(21)22)8-3-2-4-9(5-8)15(16,17)18/h2-5,10-12H,6-7H2,1H3,(H,19,20)(H,21,22)/t10-,11-,12+/m1/s1. The average Bonchev–Trinajstić information content (AvgIpc) is 3.26. The Hall–Kier alpha value is -2.09. The Bertz CT molecular complexity index is 603. The maximum atomic E-state index is 12.8. The highest BCUT2D eigenvalue weighted by atomic mass is 19.4. The maximum absolute atomic E-state index is 12.8. The lowest BCUT2D eigenvalue weighted by atomic mass is 10.0. The molecule has 2 N–H and O–H groups in total. The van der Waals surface area contributed by atoms with Gasteiger partial charge in [0.1, 0.15) is 0 Å². The molecule has 1 aromatic rings. The second-order valence-electron chi connectivity index (χ2n) is 5.43. The lowest BCUT2D eigenvalue weighted by molar-refractivity contribution is -0.140. The average molecular weight is 331 g/mol. The zero-order valence-corrected chi connectivity index (χ0v) is 12.3. The van der Waals surface area contributed by atoms with E-state index in [2.05, 4.69) is 5.32 Å². The number of carboxylic acid groups (broad SMARTS) is 1. The van der Waals surface area contributed by atoms with Gasteiger partial charge >= 0.3 is 12.1 Å². The smallest absolute Gasteiger partial charge is 0.416 e. The molecule has 0 aromatic heterocycles. The molecule has 0 unspecified atom stereocenters. The van der Waals surface area contributed by atoms with E-state index in [4.69, 9.17) is 9.84 Å². The fraction of sp³-hybridized carbons (Fsp3) is 0.467. The number of ether oxygens (including phenoxy) is 1. The van der Waals surface area contributed by atoms with E-state index in [0.29, 0.717) is 0 Å². The van der Waals surface area contributed by atoms with E-state index in [9.17, 15) is 22.8 Å². The number of hydrogen-bond acceptors (Lipinski definition) is 3. The Balaban J connectivity index is 2.13. The molecule has 0 heterocycles. The molecule has 23 heavy (non-hydrogen) atoms. The normalized spacial score (nSPS) is 21.6. The summed E-state index contributed by atoms with van der Waals surface area (Å²) in [6, 6.07) is 3.83. The molecule has 0 bridgehead atoms. The first-order valence-corrected chi connectivity index (χ1v) is 6.93. The van der Waals surface area contributed by atoms with Crippen LogP contribution in [0.5, 0.6) is 0 Å². The third-order valence-electron chi connectivity index (χ3n) is 3.71. The molecule has 8 heteroatoms. The van der Waals surface area contributed by atoms with Crippen LogP contribution >= 0.6 is 0 Å². The van der Waals surface area contributed by atoms with Crippen molar-refractivity contribution < 1.29 is 32.6 Å². The van der Waals surface area contributed by atoms with Gasteiger partial charge in [0.15, 0.2) is 0 Å². The molecule has 1 aliphatic rings. The minimum atomic E-state index is -4.48. The summed E-state index contributed by atoms with van der Waals surface area (Å²) in [7, 11) is 1.37. The van der Waals surface area contributed by atoms with Crippen LogP contribution in [0.4, 0.5) is 13.2 Å². The van der Waals surface area contributed by atoms with E-state index in [1.807, 2.05) is 0 Å². The molecule has 1 aromatic carbocycles. The van der Waals surface area contributed by atoms with E-state index in [1.165, 1.54) is 19.2 Å². The van der Waals surface area contributed by atoms with Crippen LogP contribution in [0.2, 0.25) is 0 Å². The van der Waals surface area contributed by atoms with Gasteiger partial charge in [0.05, 0.1) is 30.0 Å². The van der Waals surface area contributed by atoms with Crippen molar-refractivity contribution in [3.63, 3.8) is 0 Å². The van der Waals surface area contributed by atoms with Crippen LogP contribution in [0.15, 0.2) is 24.3 Å². The molecule has 0 spiro atoms. The largest absolute Gasteiger partial charge is 0.481 e. The predicted octanol–water partition coefficient (Wildman–Crippen LogP) is 2.23. The van der Waals surface area contributed by atoms with E-state index in [-0.39, 0.29) is 18.6 Å². The highest BCUT2D eigenvalue weighted by molar-refractivity contribution is 5.89. The second-order valence-corrected chi connectivity index (χ2v) is 5.43. The zero-order valence-electron chi connectivity index (χ0n) is 12.3. The molecule has 2 rings (SSSR count). The molecular weight excluding hydrogens is 315 g/mol. The number of nitrogens with one attached hydrogen (secondary N) is 1. The van der Waals surface area contributed by atoms with Crippen molar-refractivity contribution in [1.29, 1.82) is 0 Å². The van der Waals surface area contributed by atoms with Gasteiger partial charge in [-0.2, -0.15) is 13.2 Å². The van der Waals surface area contributed by atoms with Crippen molar-refractivity contribution in [2.45, 2.75) is 18.6 Å². The molecule has 3 atom stereocenters. The first-order valence-electron chi connectivity index (χ1n) is 6.93. The van der Waals surface area contributed by atoms with E-state index >= 15 is 0 Å². The molecule has 1 aliphatic carbocycles. The molecule has 1 fully saturated rings. The number of alkyl halides is 3. The summed E-state index contributed by atoms with van der Waals surface area (Å²) < 4.78 is 43.3. The zero-order chi connectivity index (χ0) is 17.2. The topological polar surface area (TPSA) is 75.6 Å². The molecular formula is C15H16F3NO4. The number of carboxylic acids is 1. The summed E-state index contributed by atoms with van der Waals surface area (Å²) in [6.07, 6.45) is -4.24. The van der Waals surface area contributed by atoms with Crippen molar-refractivity contribution in [3.8, 4) is 0 Å². The number of hydrogen-bond donors (Lipinski definition) is 2. The van der Waals surface area contributed by atoms with Crippen LogP contribution in [0.3, 0.4) is 0 Å². The van der Waals surface area contributed by atoms with E-state index in [0.717, 1.165) is 12.1 Å². The van der Waals surface area contributed by atoms with Gasteiger partial charge in [-0.3, -0.25) is 9.59 Å². The van der Waals surface area contributed by atoms with Gasteiger partial charge < -0.3 is 15.2 Å². The molecule has 1 saturated carbocycles. The van der Waals surface area contributed by atoms with Crippen molar-refractivity contribution in [1.82, 2.24) is 5.32 Å². The van der Waals surface area contributed by atoms with Gasteiger partial charge in [0.25, 0.3) is 0 Å². The van der Waals surface area contributed by atoms with Crippen molar-refractivity contribution in [3.05, 3.63) is 35.4 Å². The molecule has 0 radical (unpaired) electrons. The number of carbonyl (C=O) groups is 2. The minimum absolute atomic E-state index is 0.0164. The Kier molecular flexibility index (Phi) is 4.93. The van der Waals surface area contributed by atoms with Gasteiger partial charge in [-0.1, -0.05) is 12.1 Å². The highest BCUT2D eigenvalue weighted by Crippen LogP contribution is 2.39. The molecule has 0 saturated heterocycles. The summed E-state index contributed by atoms with van der Waals surface area (Å²) in [6.45, 7) is -0.0164. The van der Waals surface area contributed by atoms with Crippen LogP contribution < -0.4 is 5.32 Å². The fourth-order valence-corrected chi connectivity index (χ4v) is 2.36. The monoisotopic (exact) mass is 331 g/mol. The first-order chi connectivity index (χ1) is 10.7. The number of amides is 1. The summed E-state index contributed by atoms with van der Waals surface area (Å²) in [5, 5.41) is 11.4. The quantitative estimate of drug-likeness (QED) is 0.838. The molecule has 5 nitrogen and oxygen atoms in total. The summed E-state index contributed by atoms with van der Waals surface area (Å²) >= 11 is 0. The van der Waals surface area contributed by atoms with Gasteiger partial charge in [-0.15, -0.1) is 0 Å². The van der Waals surface area contributed by atoms with Crippen LogP contribution in [0.25, 0.3) is 0 Å². The number of halogens is 3. The van der Waals surface area contributed by atoms with Crippen molar-refractivity contribution in [2.75, 3.05) is 13.7 Å². The van der Waals surface area contributed by atoms with E-state index < -0.39 is 41.5 Å². The predicted molar refractivity (Wildman–Crippen MR) is 73.4 cm³/mol. The SMILES string of the molecule is COC[C@H](NC(=O)[C@@H]1C[C@H]1C(=O)O)c1cccc(C(F)(F)F)c1. The first kappa shape index (κ1) is 17.3. The summed E-state index contributed by atoms with van der Waals surface area (Å²) in [4.78, 5) is 22.8. The summed E-state index contributed by atoms with van der Waals surface area (Å²) in [5.41, 5.74) is -0.567. The second kappa shape index (κ2) is 6.57.